The van der Waals surface area contributed by atoms with Crippen LogP contribution < -0.4 is 0 Å². The smallest absolute Gasteiger partial charge is 0.0866 e. The van der Waals surface area contributed by atoms with E-state index in [0.29, 0.717) is 6.54 Å². The summed E-state index contributed by atoms with van der Waals surface area (Å²) in [7, 11) is 0. The lowest BCUT2D eigenvalue weighted by Gasteiger charge is -2.38. The van der Waals surface area contributed by atoms with Gasteiger partial charge in [0.2, 0.25) is 0 Å². The molecule has 4 heteroatoms. The fourth-order valence-corrected chi connectivity index (χ4v) is 2.10. The topological polar surface area (TPSA) is 50.5 Å². The van der Waals surface area contributed by atoms with Crippen molar-refractivity contribution in [2.45, 2.75) is 32.3 Å². The predicted octanol–water partition coefficient (Wildman–Crippen LogP) is 0.679. The van der Waals surface area contributed by atoms with E-state index in [2.05, 4.69) is 15.9 Å². The molecule has 1 rings (SSSR count). The van der Waals surface area contributed by atoms with Crippen molar-refractivity contribution >= 4 is 0 Å². The number of nitriles is 1. The molecule has 1 saturated heterocycles. The van der Waals surface area contributed by atoms with Crippen LogP contribution in [0.1, 0.15) is 26.7 Å². The SMILES string of the molecule is CCC(O)(CC)CN1CCN(CC#N)CC1. The van der Waals surface area contributed by atoms with Crippen LogP contribution in [0.25, 0.3) is 0 Å². The molecule has 92 valence electrons. The summed E-state index contributed by atoms with van der Waals surface area (Å²) in [6.45, 7) is 9.17. The van der Waals surface area contributed by atoms with Gasteiger partial charge in [-0.15, -0.1) is 0 Å². The van der Waals surface area contributed by atoms with Crippen LogP contribution in [0.15, 0.2) is 0 Å². The van der Waals surface area contributed by atoms with Crippen molar-refractivity contribution in [3.8, 4) is 6.07 Å². The number of β-amino-alcohol motifs (C(OH)–C–C–N with tert-alkyl or cyclic N) is 1. The van der Waals surface area contributed by atoms with Crippen LogP contribution in [0.2, 0.25) is 0 Å². The lowest BCUT2D eigenvalue weighted by atomic mass is 9.96. The molecule has 1 aliphatic rings. The third kappa shape index (κ3) is 3.75. The second kappa shape index (κ2) is 6.19. The molecule has 0 amide bonds. The molecule has 0 aromatic carbocycles. The Morgan fingerprint density at radius 1 is 1.12 bits per heavy atom. The van der Waals surface area contributed by atoms with Crippen LogP contribution in [0.5, 0.6) is 0 Å². The molecule has 1 fully saturated rings. The van der Waals surface area contributed by atoms with Crippen molar-refractivity contribution in [3.63, 3.8) is 0 Å². The van der Waals surface area contributed by atoms with Gasteiger partial charge in [0.15, 0.2) is 0 Å². The summed E-state index contributed by atoms with van der Waals surface area (Å²) in [4.78, 5) is 4.47. The molecular weight excluding hydrogens is 202 g/mol. The van der Waals surface area contributed by atoms with Crippen LogP contribution in [0.3, 0.4) is 0 Å². The van der Waals surface area contributed by atoms with E-state index >= 15 is 0 Å². The van der Waals surface area contributed by atoms with Crippen LogP contribution >= 0.6 is 0 Å². The van der Waals surface area contributed by atoms with E-state index in [-0.39, 0.29) is 0 Å². The summed E-state index contributed by atoms with van der Waals surface area (Å²) in [5.74, 6) is 0. The minimum Gasteiger partial charge on any atom is -0.389 e. The highest BCUT2D eigenvalue weighted by Crippen LogP contribution is 2.17. The first-order valence-corrected chi connectivity index (χ1v) is 6.17. The quantitative estimate of drug-likeness (QED) is 0.699. The average molecular weight is 225 g/mol. The Bertz CT molecular complexity index is 237. The number of rotatable bonds is 5. The Kier molecular flexibility index (Phi) is 5.20. The first-order chi connectivity index (χ1) is 7.63. The highest BCUT2D eigenvalue weighted by Gasteiger charge is 2.27. The molecule has 16 heavy (non-hydrogen) atoms. The number of aliphatic hydroxyl groups is 1. The van der Waals surface area contributed by atoms with Gasteiger partial charge in [-0.1, -0.05) is 13.8 Å². The second-order valence-electron chi connectivity index (χ2n) is 4.64. The molecule has 0 bridgehead atoms. The molecule has 0 aromatic rings. The zero-order valence-electron chi connectivity index (χ0n) is 10.4. The Hall–Kier alpha value is -0.630. The fraction of sp³-hybridized carbons (Fsp3) is 0.917. The Balaban J connectivity index is 2.34. The van der Waals surface area contributed by atoms with Crippen LogP contribution in [-0.2, 0) is 0 Å². The van der Waals surface area contributed by atoms with Gasteiger partial charge in [-0.3, -0.25) is 9.80 Å². The van der Waals surface area contributed by atoms with Crippen LogP contribution in [0, 0.1) is 11.3 Å². The van der Waals surface area contributed by atoms with Crippen LogP contribution in [0.4, 0.5) is 0 Å². The summed E-state index contributed by atoms with van der Waals surface area (Å²) in [5.41, 5.74) is -0.530. The predicted molar refractivity (Wildman–Crippen MR) is 64.0 cm³/mol. The van der Waals surface area contributed by atoms with E-state index in [0.717, 1.165) is 45.6 Å². The Labute approximate surface area is 98.5 Å². The largest absolute Gasteiger partial charge is 0.389 e. The Morgan fingerprint density at radius 2 is 1.62 bits per heavy atom. The van der Waals surface area contributed by atoms with Gasteiger partial charge in [0, 0.05) is 32.7 Å². The molecule has 0 unspecified atom stereocenters. The number of hydrogen-bond donors (Lipinski definition) is 1. The summed E-state index contributed by atoms with van der Waals surface area (Å²) in [5, 5.41) is 18.8. The van der Waals surface area contributed by atoms with E-state index < -0.39 is 5.60 Å². The molecule has 0 atom stereocenters. The average Bonchev–Trinajstić information content (AvgIpc) is 2.32. The third-order valence-corrected chi connectivity index (χ3v) is 3.59. The van der Waals surface area contributed by atoms with Gasteiger partial charge in [0.05, 0.1) is 18.2 Å². The second-order valence-corrected chi connectivity index (χ2v) is 4.64. The normalized spacial score (nSPS) is 19.6. The molecule has 1 heterocycles. The van der Waals surface area contributed by atoms with Gasteiger partial charge in [-0.25, -0.2) is 0 Å². The van der Waals surface area contributed by atoms with Crippen LogP contribution in [-0.4, -0.2) is 59.8 Å². The molecule has 1 N–H and O–H groups in total. The van der Waals surface area contributed by atoms with E-state index in [1.54, 1.807) is 0 Å². The first-order valence-electron chi connectivity index (χ1n) is 6.17. The van der Waals surface area contributed by atoms with E-state index in [4.69, 9.17) is 5.26 Å². The summed E-state index contributed by atoms with van der Waals surface area (Å²) in [6, 6.07) is 2.18. The lowest BCUT2D eigenvalue weighted by molar-refractivity contribution is -0.0144. The fourth-order valence-electron chi connectivity index (χ4n) is 2.10. The van der Waals surface area contributed by atoms with Crippen molar-refractivity contribution in [2.75, 3.05) is 39.3 Å². The molecule has 0 saturated carbocycles. The lowest BCUT2D eigenvalue weighted by Crippen LogP contribution is -2.51. The van der Waals surface area contributed by atoms with Gasteiger partial charge < -0.3 is 5.11 Å². The zero-order chi connectivity index (χ0) is 12.0. The number of hydrogen-bond acceptors (Lipinski definition) is 4. The Morgan fingerprint density at radius 3 is 2.06 bits per heavy atom. The van der Waals surface area contributed by atoms with Crippen molar-refractivity contribution in [1.82, 2.24) is 9.80 Å². The van der Waals surface area contributed by atoms with Gasteiger partial charge >= 0.3 is 0 Å². The minimum absolute atomic E-state index is 0.527. The molecule has 0 spiro atoms. The monoisotopic (exact) mass is 225 g/mol. The summed E-state index contributed by atoms with van der Waals surface area (Å²) in [6.07, 6.45) is 1.61. The maximum Gasteiger partial charge on any atom is 0.0866 e. The summed E-state index contributed by atoms with van der Waals surface area (Å²) < 4.78 is 0. The molecule has 1 aliphatic heterocycles. The molecule has 4 nitrogen and oxygen atoms in total. The van der Waals surface area contributed by atoms with Gasteiger partial charge in [0.25, 0.3) is 0 Å². The standard InChI is InChI=1S/C12H23N3O/c1-3-12(16,4-2)11-15-9-7-14(6-5-13)8-10-15/h16H,3-4,6-11H2,1-2H3. The van der Waals surface area contributed by atoms with Crippen molar-refractivity contribution in [3.05, 3.63) is 0 Å². The van der Waals surface area contributed by atoms with Gasteiger partial charge in [-0.05, 0) is 12.8 Å². The molecule has 0 aliphatic carbocycles. The first kappa shape index (κ1) is 13.4. The third-order valence-electron chi connectivity index (χ3n) is 3.59. The van der Waals surface area contributed by atoms with E-state index in [1.807, 2.05) is 13.8 Å². The van der Waals surface area contributed by atoms with Gasteiger partial charge in [-0.2, -0.15) is 5.26 Å². The van der Waals surface area contributed by atoms with Gasteiger partial charge in [0.1, 0.15) is 0 Å². The maximum atomic E-state index is 10.2. The number of piperazine rings is 1. The maximum absolute atomic E-state index is 10.2. The number of nitrogens with zero attached hydrogens (tertiary/aromatic N) is 3. The highest BCUT2D eigenvalue weighted by atomic mass is 16.3. The van der Waals surface area contributed by atoms with Crippen molar-refractivity contribution < 1.29 is 5.11 Å². The van der Waals surface area contributed by atoms with Crippen molar-refractivity contribution in [1.29, 1.82) is 5.26 Å². The molecule has 0 radical (unpaired) electrons. The minimum atomic E-state index is -0.530. The van der Waals surface area contributed by atoms with E-state index in [1.165, 1.54) is 0 Å². The molecular formula is C12H23N3O. The van der Waals surface area contributed by atoms with E-state index in [9.17, 15) is 5.11 Å². The summed E-state index contributed by atoms with van der Waals surface area (Å²) >= 11 is 0. The highest BCUT2D eigenvalue weighted by molar-refractivity contribution is 4.85. The molecule has 0 aromatic heterocycles. The zero-order valence-corrected chi connectivity index (χ0v) is 10.4. The van der Waals surface area contributed by atoms with Crippen molar-refractivity contribution in [2.24, 2.45) is 0 Å².